The Morgan fingerprint density at radius 2 is 1.39 bits per heavy atom. The summed E-state index contributed by atoms with van der Waals surface area (Å²) in [5, 5.41) is 6.65. The van der Waals surface area contributed by atoms with Crippen molar-refractivity contribution in [1.29, 1.82) is 0 Å². The molecule has 0 aliphatic heterocycles. The molecule has 2 unspecified atom stereocenters. The fourth-order valence-corrected chi connectivity index (χ4v) is 4.64. The number of carbonyl (C=O) groups excluding carboxylic acids is 1. The second-order valence-corrected chi connectivity index (χ2v) is 10.8. The number of para-hydroxylation sites is 1. The summed E-state index contributed by atoms with van der Waals surface area (Å²) in [7, 11) is -4.94. The molecule has 1 aromatic rings. The van der Waals surface area contributed by atoms with Crippen molar-refractivity contribution in [3.8, 4) is 5.75 Å². The molecule has 0 heterocycles. The molecule has 0 amide bonds. The van der Waals surface area contributed by atoms with Gasteiger partial charge in [-0.2, -0.15) is 8.42 Å². The van der Waals surface area contributed by atoms with Crippen LogP contribution in [-0.4, -0.2) is 41.6 Å². The molecule has 0 radical (unpaired) electrons. The first kappa shape index (κ1) is 31.9. The number of carboxylic acid groups (broad SMARTS) is 1. The first-order valence-electron chi connectivity index (χ1n) is 13.3. The molecule has 206 valence electrons. The maximum atomic E-state index is 12.3. The number of esters is 1. The fourth-order valence-electron chi connectivity index (χ4n) is 3.99. The summed E-state index contributed by atoms with van der Waals surface area (Å²) in [6.07, 6.45) is 14.0. The van der Waals surface area contributed by atoms with Gasteiger partial charge in [-0.3, -0.25) is 14.1 Å². The number of hydrogen-bond acceptors (Lipinski definition) is 6. The minimum absolute atomic E-state index is 0.212. The lowest BCUT2D eigenvalue weighted by Crippen LogP contribution is -2.37. The van der Waals surface area contributed by atoms with Crippen LogP contribution in [0.25, 0.3) is 0 Å². The van der Waals surface area contributed by atoms with Gasteiger partial charge >= 0.3 is 11.9 Å². The third-order valence-corrected chi connectivity index (χ3v) is 7.17. The number of benzene rings is 1. The van der Waals surface area contributed by atoms with Gasteiger partial charge in [0.05, 0.1) is 6.42 Å². The Morgan fingerprint density at radius 3 is 1.89 bits per heavy atom. The number of hydrogen-bond donors (Lipinski definition) is 2. The molecule has 9 heteroatoms. The molecular weight excluding hydrogens is 484 g/mol. The number of aliphatic carboxylic acids is 1. The first-order valence-corrected chi connectivity index (χ1v) is 14.8. The second-order valence-electron chi connectivity index (χ2n) is 9.24. The molecule has 0 bridgehead atoms. The molecule has 36 heavy (non-hydrogen) atoms. The number of ether oxygens (including phenoxy) is 2. The van der Waals surface area contributed by atoms with Crippen LogP contribution in [0.15, 0.2) is 24.3 Å². The highest BCUT2D eigenvalue weighted by Crippen LogP contribution is 2.24. The highest BCUT2D eigenvalue weighted by atomic mass is 32.2. The van der Waals surface area contributed by atoms with Crippen molar-refractivity contribution in [2.75, 3.05) is 0 Å². The average Bonchev–Trinajstić information content (AvgIpc) is 2.82. The highest BCUT2D eigenvalue weighted by molar-refractivity contribution is 7.87. The predicted molar refractivity (Wildman–Crippen MR) is 140 cm³/mol. The molecule has 1 aromatic carbocycles. The molecule has 0 aliphatic rings. The third-order valence-electron chi connectivity index (χ3n) is 6.09. The summed E-state index contributed by atoms with van der Waals surface area (Å²) in [6, 6.07) is 7.38. The summed E-state index contributed by atoms with van der Waals surface area (Å²) < 4.78 is 43.0. The molecule has 2 N–H and O–H groups in total. The van der Waals surface area contributed by atoms with Crippen LogP contribution in [0.4, 0.5) is 0 Å². The Hall–Kier alpha value is -2.13. The molecular formula is C27H44O8S. The Kier molecular flexibility index (Phi) is 16.1. The van der Waals surface area contributed by atoms with Crippen molar-refractivity contribution >= 4 is 22.1 Å². The lowest BCUT2D eigenvalue weighted by atomic mass is 10.0. The van der Waals surface area contributed by atoms with Gasteiger partial charge in [-0.1, -0.05) is 103 Å². The van der Waals surface area contributed by atoms with Gasteiger partial charge in [0.15, 0.2) is 5.25 Å². The number of carbonyl (C=O) groups is 2. The maximum absolute atomic E-state index is 12.3. The van der Waals surface area contributed by atoms with Crippen molar-refractivity contribution in [3.05, 3.63) is 29.8 Å². The van der Waals surface area contributed by atoms with Crippen molar-refractivity contribution in [1.82, 2.24) is 0 Å². The molecule has 0 saturated carbocycles. The maximum Gasteiger partial charge on any atom is 0.330 e. The minimum Gasteiger partial charge on any atom is -0.481 e. The van der Waals surface area contributed by atoms with Crippen LogP contribution in [0.2, 0.25) is 0 Å². The zero-order valence-electron chi connectivity index (χ0n) is 21.8. The molecule has 0 spiro atoms. The lowest BCUT2D eigenvalue weighted by Gasteiger charge is -2.21. The zero-order chi connectivity index (χ0) is 26.8. The summed E-state index contributed by atoms with van der Waals surface area (Å²) in [6.45, 7) is 3.92. The average molecular weight is 529 g/mol. The normalized spacial score (nSPS) is 13.2. The number of rotatable bonds is 21. The summed E-state index contributed by atoms with van der Waals surface area (Å²) in [4.78, 5) is 23.2. The van der Waals surface area contributed by atoms with E-state index in [1.54, 1.807) is 19.1 Å². The van der Waals surface area contributed by atoms with Gasteiger partial charge in [0, 0.05) is 6.42 Å². The van der Waals surface area contributed by atoms with Crippen molar-refractivity contribution < 1.29 is 37.1 Å². The zero-order valence-corrected chi connectivity index (χ0v) is 22.6. The van der Waals surface area contributed by atoms with Crippen LogP contribution in [0.1, 0.15) is 109 Å². The van der Waals surface area contributed by atoms with E-state index in [0.717, 1.165) is 24.8 Å². The van der Waals surface area contributed by atoms with Crippen LogP contribution in [0, 0.1) is 0 Å². The van der Waals surface area contributed by atoms with Crippen LogP contribution in [0.5, 0.6) is 5.75 Å². The topological polar surface area (TPSA) is 127 Å². The van der Waals surface area contributed by atoms with Gasteiger partial charge in [-0.15, -0.1) is 0 Å². The summed E-state index contributed by atoms with van der Waals surface area (Å²) in [5.41, 5.74) is 0.955. The number of unbranched alkanes of at least 4 members (excludes halogenated alkanes) is 11. The highest BCUT2D eigenvalue weighted by Gasteiger charge is 2.36. The third kappa shape index (κ3) is 13.8. The smallest absolute Gasteiger partial charge is 0.330 e. The standard InChI is InChI=1S/C27H44O8S/c1-3-5-6-7-8-9-10-11-12-13-14-15-18-22-19-16-17-20-23(22)34-26(4-2)35-27(30)24(21-25(28)29)36(31,32)33/h16-17,19-20,24,26H,3-15,18,21H2,1-2H3,(H,28,29)(H,31,32,33). The fraction of sp³-hybridized carbons (Fsp3) is 0.704. The van der Waals surface area contributed by atoms with E-state index in [9.17, 15) is 22.6 Å². The van der Waals surface area contributed by atoms with Crippen molar-refractivity contribution in [3.63, 3.8) is 0 Å². The molecule has 0 saturated heterocycles. The Bertz CT molecular complexity index is 868. The molecule has 0 fully saturated rings. The quantitative estimate of drug-likeness (QED) is 0.0821. The van der Waals surface area contributed by atoms with E-state index >= 15 is 0 Å². The monoisotopic (exact) mass is 528 g/mol. The van der Waals surface area contributed by atoms with Gasteiger partial charge in [-0.05, 0) is 24.5 Å². The largest absolute Gasteiger partial charge is 0.481 e. The van der Waals surface area contributed by atoms with Gasteiger partial charge < -0.3 is 14.6 Å². The van der Waals surface area contributed by atoms with E-state index in [2.05, 4.69) is 6.92 Å². The molecule has 0 aliphatic carbocycles. The van der Waals surface area contributed by atoms with Gasteiger partial charge in [0.25, 0.3) is 10.1 Å². The summed E-state index contributed by atoms with van der Waals surface area (Å²) >= 11 is 0. The SMILES string of the molecule is CCCCCCCCCCCCCCc1ccccc1OC(CC)OC(=O)C(CC(=O)O)S(=O)(=O)O. The minimum atomic E-state index is -4.94. The van der Waals surface area contributed by atoms with Crippen LogP contribution in [0.3, 0.4) is 0 Å². The number of carboxylic acids is 1. The van der Waals surface area contributed by atoms with Crippen molar-refractivity contribution in [2.24, 2.45) is 0 Å². The van der Waals surface area contributed by atoms with E-state index in [4.69, 9.17) is 14.6 Å². The summed E-state index contributed by atoms with van der Waals surface area (Å²) in [5.74, 6) is -2.37. The Balaban J connectivity index is 2.46. The molecule has 1 rings (SSSR count). The van der Waals surface area contributed by atoms with Gasteiger partial charge in [0.2, 0.25) is 6.29 Å². The van der Waals surface area contributed by atoms with Crippen LogP contribution >= 0.6 is 0 Å². The van der Waals surface area contributed by atoms with Crippen molar-refractivity contribution in [2.45, 2.75) is 122 Å². The molecule has 8 nitrogen and oxygen atoms in total. The van der Waals surface area contributed by atoms with Crippen LogP contribution < -0.4 is 4.74 Å². The lowest BCUT2D eigenvalue weighted by molar-refractivity contribution is -0.165. The second kappa shape index (κ2) is 18.2. The van der Waals surface area contributed by atoms with E-state index in [1.165, 1.54) is 64.2 Å². The number of aryl methyl sites for hydroxylation is 1. The van der Waals surface area contributed by atoms with E-state index in [-0.39, 0.29) is 6.42 Å². The van der Waals surface area contributed by atoms with Crippen LogP contribution in [-0.2, 0) is 30.9 Å². The van der Waals surface area contributed by atoms with E-state index < -0.39 is 40.0 Å². The Morgan fingerprint density at radius 1 is 0.861 bits per heavy atom. The molecule has 0 aromatic heterocycles. The van der Waals surface area contributed by atoms with Gasteiger partial charge in [-0.25, -0.2) is 0 Å². The van der Waals surface area contributed by atoms with E-state index in [0.29, 0.717) is 5.75 Å². The molecule has 2 atom stereocenters. The predicted octanol–water partition coefficient (Wildman–Crippen LogP) is 6.32. The van der Waals surface area contributed by atoms with E-state index in [1.807, 2.05) is 12.1 Å². The Labute approximate surface area is 216 Å². The van der Waals surface area contributed by atoms with Gasteiger partial charge in [0.1, 0.15) is 5.75 Å². The first-order chi connectivity index (χ1) is 17.2.